The smallest absolute Gasteiger partial charge is 0.101 e. The van der Waals surface area contributed by atoms with E-state index in [9.17, 15) is 0 Å². The first-order valence-corrected chi connectivity index (χ1v) is 7.21. The largest absolute Gasteiger partial charge is 0.382 e. The van der Waals surface area contributed by atoms with Gasteiger partial charge >= 0.3 is 0 Å². The number of rotatable bonds is 3. The van der Waals surface area contributed by atoms with Crippen molar-refractivity contribution < 1.29 is 0 Å². The molecule has 1 aliphatic rings. The molecule has 1 atom stereocenters. The van der Waals surface area contributed by atoms with Gasteiger partial charge in [0.2, 0.25) is 0 Å². The number of hydrogen-bond acceptors (Lipinski definition) is 4. The summed E-state index contributed by atoms with van der Waals surface area (Å²) >= 11 is 3.39. The summed E-state index contributed by atoms with van der Waals surface area (Å²) in [6.45, 7) is 4.13. The quantitative estimate of drug-likeness (QED) is 0.924. The Morgan fingerprint density at radius 1 is 1.42 bits per heavy atom. The predicted octanol–water partition coefficient (Wildman–Crippen LogP) is 1.98. The highest BCUT2D eigenvalue weighted by Crippen LogP contribution is 2.20. The molecule has 1 heterocycles. The van der Waals surface area contributed by atoms with Gasteiger partial charge in [-0.05, 0) is 32.3 Å². The van der Waals surface area contributed by atoms with Crippen molar-refractivity contribution >= 4 is 21.6 Å². The van der Waals surface area contributed by atoms with Gasteiger partial charge in [0.1, 0.15) is 6.07 Å². The Balaban J connectivity index is 2.00. The van der Waals surface area contributed by atoms with Gasteiger partial charge in [0, 0.05) is 36.7 Å². The molecule has 1 aromatic rings. The molecule has 19 heavy (non-hydrogen) atoms. The van der Waals surface area contributed by atoms with Crippen molar-refractivity contribution in [2.24, 2.45) is 0 Å². The molecule has 2 rings (SSSR count). The van der Waals surface area contributed by atoms with Crippen LogP contribution in [0.1, 0.15) is 5.56 Å². The first kappa shape index (κ1) is 14.3. The van der Waals surface area contributed by atoms with Crippen LogP contribution in [-0.4, -0.2) is 56.1 Å². The van der Waals surface area contributed by atoms with Crippen molar-refractivity contribution in [3.8, 4) is 6.07 Å². The zero-order chi connectivity index (χ0) is 13.8. The molecule has 4 nitrogen and oxygen atoms in total. The van der Waals surface area contributed by atoms with Crippen molar-refractivity contribution in [2.45, 2.75) is 6.04 Å². The summed E-state index contributed by atoms with van der Waals surface area (Å²) in [7, 11) is 4.31. The summed E-state index contributed by atoms with van der Waals surface area (Å²) in [4.78, 5) is 4.72. The van der Waals surface area contributed by atoms with Crippen molar-refractivity contribution in [3.05, 3.63) is 28.2 Å². The molecule has 1 aromatic carbocycles. The van der Waals surface area contributed by atoms with Crippen molar-refractivity contribution in [2.75, 3.05) is 45.6 Å². The van der Waals surface area contributed by atoms with E-state index in [1.807, 2.05) is 18.2 Å². The van der Waals surface area contributed by atoms with Crippen LogP contribution >= 0.6 is 15.9 Å². The number of nitrogens with zero attached hydrogens (tertiary/aromatic N) is 3. The molecule has 102 valence electrons. The van der Waals surface area contributed by atoms with Crippen LogP contribution < -0.4 is 5.32 Å². The average Bonchev–Trinajstić information content (AvgIpc) is 2.40. The van der Waals surface area contributed by atoms with Crippen LogP contribution in [0.15, 0.2) is 22.7 Å². The highest BCUT2D eigenvalue weighted by Gasteiger charge is 2.21. The molecule has 0 amide bonds. The van der Waals surface area contributed by atoms with Crippen LogP contribution in [-0.2, 0) is 0 Å². The van der Waals surface area contributed by atoms with Gasteiger partial charge in [-0.1, -0.05) is 15.9 Å². The Hall–Kier alpha value is -1.09. The van der Waals surface area contributed by atoms with Gasteiger partial charge in [-0.3, -0.25) is 4.90 Å². The summed E-state index contributed by atoms with van der Waals surface area (Å²) in [6.07, 6.45) is 0. The lowest BCUT2D eigenvalue weighted by molar-refractivity contribution is 0.122. The molecule has 0 bridgehead atoms. The molecule has 0 aliphatic carbocycles. The van der Waals surface area contributed by atoms with Crippen LogP contribution in [0.4, 0.5) is 5.69 Å². The van der Waals surface area contributed by atoms with E-state index >= 15 is 0 Å². The van der Waals surface area contributed by atoms with Gasteiger partial charge in [0.25, 0.3) is 0 Å². The lowest BCUT2D eigenvalue weighted by Crippen LogP contribution is -2.52. The highest BCUT2D eigenvalue weighted by molar-refractivity contribution is 9.10. The third-order valence-corrected chi connectivity index (χ3v) is 4.10. The van der Waals surface area contributed by atoms with Gasteiger partial charge < -0.3 is 10.2 Å². The van der Waals surface area contributed by atoms with E-state index in [4.69, 9.17) is 5.26 Å². The molecule has 0 radical (unpaired) electrons. The van der Waals surface area contributed by atoms with Crippen LogP contribution in [0.3, 0.4) is 0 Å². The Morgan fingerprint density at radius 2 is 2.21 bits per heavy atom. The maximum absolute atomic E-state index is 9.14. The SMILES string of the molecule is CN1CCN(C)[C@@H](CNc2ccc(Br)cc2C#N)C1. The van der Waals surface area contributed by atoms with E-state index < -0.39 is 0 Å². The predicted molar refractivity (Wildman–Crippen MR) is 81.3 cm³/mol. The number of halogens is 1. The second-order valence-electron chi connectivity index (χ2n) is 5.08. The molecular weight excluding hydrogens is 304 g/mol. The van der Waals surface area contributed by atoms with Crippen LogP contribution in [0.2, 0.25) is 0 Å². The van der Waals surface area contributed by atoms with E-state index in [0.717, 1.165) is 36.3 Å². The Morgan fingerprint density at radius 3 is 2.95 bits per heavy atom. The lowest BCUT2D eigenvalue weighted by Gasteiger charge is -2.37. The monoisotopic (exact) mass is 322 g/mol. The summed E-state index contributed by atoms with van der Waals surface area (Å²) in [5.41, 5.74) is 1.59. The third kappa shape index (κ3) is 3.69. The van der Waals surface area contributed by atoms with E-state index in [1.165, 1.54) is 0 Å². The number of likely N-dealkylation sites (N-methyl/N-ethyl adjacent to an activating group) is 2. The van der Waals surface area contributed by atoms with Gasteiger partial charge in [-0.25, -0.2) is 0 Å². The molecule has 1 fully saturated rings. The van der Waals surface area contributed by atoms with Crippen molar-refractivity contribution in [1.82, 2.24) is 9.80 Å². The third-order valence-electron chi connectivity index (χ3n) is 3.61. The van der Waals surface area contributed by atoms with Crippen LogP contribution in [0.5, 0.6) is 0 Å². The van der Waals surface area contributed by atoms with Crippen LogP contribution in [0.25, 0.3) is 0 Å². The van der Waals surface area contributed by atoms with Gasteiger partial charge in [0.05, 0.1) is 11.3 Å². The second kappa shape index (κ2) is 6.38. The van der Waals surface area contributed by atoms with E-state index in [2.05, 4.69) is 51.2 Å². The second-order valence-corrected chi connectivity index (χ2v) is 5.99. The normalized spacial score (nSPS) is 21.1. The summed E-state index contributed by atoms with van der Waals surface area (Å²) in [5, 5.41) is 12.5. The molecule has 1 saturated heterocycles. The Labute approximate surface area is 123 Å². The number of piperazine rings is 1. The first-order valence-electron chi connectivity index (χ1n) is 6.42. The first-order chi connectivity index (χ1) is 9.10. The highest BCUT2D eigenvalue weighted by atomic mass is 79.9. The molecule has 0 unspecified atom stereocenters. The summed E-state index contributed by atoms with van der Waals surface area (Å²) < 4.78 is 0.934. The number of benzene rings is 1. The number of nitriles is 1. The minimum absolute atomic E-state index is 0.480. The summed E-state index contributed by atoms with van der Waals surface area (Å²) in [6, 6.07) is 8.47. The number of anilines is 1. The minimum Gasteiger partial charge on any atom is -0.382 e. The van der Waals surface area contributed by atoms with Crippen molar-refractivity contribution in [1.29, 1.82) is 5.26 Å². The zero-order valence-electron chi connectivity index (χ0n) is 11.4. The van der Waals surface area contributed by atoms with Gasteiger partial charge in [-0.2, -0.15) is 5.26 Å². The Kier molecular flexibility index (Phi) is 4.81. The zero-order valence-corrected chi connectivity index (χ0v) is 12.9. The van der Waals surface area contributed by atoms with Gasteiger partial charge in [-0.15, -0.1) is 0 Å². The van der Waals surface area contributed by atoms with E-state index in [0.29, 0.717) is 11.6 Å². The molecule has 5 heteroatoms. The average molecular weight is 323 g/mol. The molecule has 0 spiro atoms. The minimum atomic E-state index is 0.480. The molecule has 1 N–H and O–H groups in total. The van der Waals surface area contributed by atoms with Crippen molar-refractivity contribution in [3.63, 3.8) is 0 Å². The fourth-order valence-corrected chi connectivity index (χ4v) is 2.67. The topological polar surface area (TPSA) is 42.3 Å². The maximum Gasteiger partial charge on any atom is 0.101 e. The molecule has 0 aromatic heterocycles. The molecular formula is C14H19BrN4. The van der Waals surface area contributed by atoms with Crippen LogP contribution in [0, 0.1) is 11.3 Å². The molecule has 1 aliphatic heterocycles. The summed E-state index contributed by atoms with van der Waals surface area (Å²) in [5.74, 6) is 0. The standard InChI is InChI=1S/C14H19BrN4/c1-18-5-6-19(2)13(10-18)9-17-14-4-3-12(15)7-11(14)8-16/h3-4,7,13,17H,5-6,9-10H2,1-2H3/t13-/m0/s1. The number of nitrogens with one attached hydrogen (secondary N) is 1. The fraction of sp³-hybridized carbons (Fsp3) is 0.500. The van der Waals surface area contributed by atoms with E-state index in [1.54, 1.807) is 0 Å². The maximum atomic E-state index is 9.14. The number of hydrogen-bond donors (Lipinski definition) is 1. The van der Waals surface area contributed by atoms with E-state index in [-0.39, 0.29) is 0 Å². The van der Waals surface area contributed by atoms with Gasteiger partial charge in [0.15, 0.2) is 0 Å². The Bertz CT molecular complexity index is 483. The molecule has 0 saturated carbocycles. The lowest BCUT2D eigenvalue weighted by atomic mass is 10.1. The fourth-order valence-electron chi connectivity index (χ4n) is 2.31.